The van der Waals surface area contributed by atoms with E-state index < -0.39 is 0 Å². The van der Waals surface area contributed by atoms with E-state index in [2.05, 4.69) is 150 Å². The summed E-state index contributed by atoms with van der Waals surface area (Å²) in [7, 11) is 0. The number of rotatable bonds is 2. The molecule has 0 bridgehead atoms. The standard InChI is InChI=1S/C45H26N8O/c1-10-20-41-29(11-1)30-25-27(22-24-42(30)54-41)50-44-47-32-13-3-6-16-35(32)52(44)39-23-21-28(26-40(39)53-36-17-7-4-14-33(36)48-45(50)53)49-37-18-8-9-19-38(37)51-34-15-5-2-12-31(34)46-43(49)51/h1-26H. The molecule has 252 valence electrons. The Morgan fingerprint density at radius 2 is 0.796 bits per heavy atom. The molecule has 0 amide bonds. The summed E-state index contributed by atoms with van der Waals surface area (Å²) in [5.41, 5.74) is 13.6. The predicted molar refractivity (Wildman–Crippen MR) is 215 cm³/mol. The number of hydrogen-bond acceptors (Lipinski definition) is 4. The summed E-state index contributed by atoms with van der Waals surface area (Å²) < 4.78 is 17.5. The van der Waals surface area contributed by atoms with Crippen molar-refractivity contribution in [1.29, 1.82) is 0 Å². The highest BCUT2D eigenvalue weighted by Gasteiger charge is 2.22. The van der Waals surface area contributed by atoms with Gasteiger partial charge in [-0.2, -0.15) is 0 Å². The zero-order chi connectivity index (χ0) is 35.1. The summed E-state index contributed by atoms with van der Waals surface area (Å²) >= 11 is 0. The average Bonchev–Trinajstić information content (AvgIpc) is 4.02. The molecule has 0 aliphatic heterocycles. The Hall–Kier alpha value is -7.65. The van der Waals surface area contributed by atoms with Crippen LogP contribution in [0.15, 0.2) is 162 Å². The number of furan rings is 1. The molecule has 0 unspecified atom stereocenters. The Labute approximate surface area is 304 Å². The van der Waals surface area contributed by atoms with E-state index in [0.717, 1.165) is 106 Å². The Morgan fingerprint density at radius 1 is 0.333 bits per heavy atom. The summed E-state index contributed by atoms with van der Waals surface area (Å²) in [5, 5.41) is 2.10. The Kier molecular flexibility index (Phi) is 5.20. The first-order valence-electron chi connectivity index (χ1n) is 18.0. The maximum absolute atomic E-state index is 6.26. The van der Waals surface area contributed by atoms with Crippen LogP contribution in [0.1, 0.15) is 0 Å². The second-order valence-electron chi connectivity index (χ2n) is 13.8. The van der Waals surface area contributed by atoms with Gasteiger partial charge in [0, 0.05) is 10.8 Å². The molecule has 0 fully saturated rings. The second kappa shape index (κ2) is 10.0. The number of hydrogen-bond donors (Lipinski definition) is 0. The SMILES string of the molecule is c1ccc2c(c1)nc1n(-c3ccc4c(c3)n3c5ccccc5nc3n(-c3ccc5oc6ccccc6c5c3)c3nc5ccccc5n43)c3ccccc3n21. The first-order valence-corrected chi connectivity index (χ1v) is 18.0. The van der Waals surface area contributed by atoms with Crippen LogP contribution in [0.3, 0.4) is 0 Å². The molecule has 0 atom stereocenters. The summed E-state index contributed by atoms with van der Waals surface area (Å²) in [5.74, 6) is 2.35. The monoisotopic (exact) mass is 694 g/mol. The van der Waals surface area contributed by atoms with E-state index in [4.69, 9.17) is 19.4 Å². The average molecular weight is 695 g/mol. The smallest absolute Gasteiger partial charge is 0.223 e. The van der Waals surface area contributed by atoms with Gasteiger partial charge in [-0.25, -0.2) is 19.5 Å². The quantitative estimate of drug-likeness (QED) is 0.181. The molecule has 9 heteroatoms. The molecular weight excluding hydrogens is 669 g/mol. The molecule has 7 aromatic carbocycles. The van der Waals surface area contributed by atoms with Crippen LogP contribution in [0.4, 0.5) is 0 Å². The van der Waals surface area contributed by atoms with Crippen LogP contribution in [0, 0.1) is 0 Å². The van der Waals surface area contributed by atoms with Crippen LogP contribution >= 0.6 is 0 Å². The molecule has 13 aromatic rings. The summed E-state index contributed by atoms with van der Waals surface area (Å²) in [6.45, 7) is 0. The molecule has 6 heterocycles. The molecule has 0 radical (unpaired) electrons. The van der Waals surface area contributed by atoms with E-state index in [1.165, 1.54) is 0 Å². The van der Waals surface area contributed by atoms with Crippen molar-refractivity contribution in [1.82, 2.24) is 37.3 Å². The van der Waals surface area contributed by atoms with Crippen molar-refractivity contribution in [3.8, 4) is 11.4 Å². The number of para-hydroxylation sites is 9. The van der Waals surface area contributed by atoms with E-state index in [1.807, 2.05) is 30.3 Å². The lowest BCUT2D eigenvalue weighted by atomic mass is 10.1. The van der Waals surface area contributed by atoms with Crippen LogP contribution in [0.2, 0.25) is 0 Å². The number of fused-ring (bicyclic) bond motifs is 17. The van der Waals surface area contributed by atoms with Crippen LogP contribution in [0.5, 0.6) is 0 Å². The predicted octanol–water partition coefficient (Wildman–Crippen LogP) is 10.4. The molecule has 0 aliphatic rings. The minimum atomic E-state index is 0.741. The molecule has 9 nitrogen and oxygen atoms in total. The number of imidazole rings is 4. The van der Waals surface area contributed by atoms with Gasteiger partial charge >= 0.3 is 0 Å². The zero-order valence-electron chi connectivity index (χ0n) is 28.5. The van der Waals surface area contributed by atoms with E-state index in [-0.39, 0.29) is 0 Å². The Morgan fingerprint density at radius 3 is 1.46 bits per heavy atom. The first kappa shape index (κ1) is 28.0. The van der Waals surface area contributed by atoms with Gasteiger partial charge in [-0.1, -0.05) is 66.7 Å². The fourth-order valence-corrected chi connectivity index (χ4v) is 8.60. The Bertz CT molecular complexity index is 3760. The Balaban J connectivity index is 1.24. The van der Waals surface area contributed by atoms with Gasteiger partial charge in [-0.05, 0) is 91.0 Å². The summed E-state index contributed by atoms with van der Waals surface area (Å²) in [6.07, 6.45) is 0. The molecule has 0 saturated carbocycles. The van der Waals surface area contributed by atoms with E-state index in [1.54, 1.807) is 0 Å². The highest BCUT2D eigenvalue weighted by atomic mass is 16.3. The molecule has 0 saturated heterocycles. The maximum Gasteiger partial charge on any atom is 0.223 e. The van der Waals surface area contributed by atoms with E-state index >= 15 is 0 Å². The van der Waals surface area contributed by atoms with Crippen LogP contribution < -0.4 is 0 Å². The van der Waals surface area contributed by atoms with Gasteiger partial charge < -0.3 is 4.42 Å². The molecule has 0 spiro atoms. The van der Waals surface area contributed by atoms with Gasteiger partial charge in [0.25, 0.3) is 0 Å². The summed E-state index contributed by atoms with van der Waals surface area (Å²) in [4.78, 5) is 15.9. The van der Waals surface area contributed by atoms with E-state index in [9.17, 15) is 0 Å². The van der Waals surface area contributed by atoms with Gasteiger partial charge in [0.15, 0.2) is 0 Å². The fourth-order valence-electron chi connectivity index (χ4n) is 8.60. The molecule has 0 N–H and O–H groups in total. The third-order valence-corrected chi connectivity index (χ3v) is 10.9. The molecular formula is C45H26N8O. The van der Waals surface area contributed by atoms with Gasteiger partial charge in [0.05, 0.1) is 66.5 Å². The number of benzene rings is 7. The van der Waals surface area contributed by atoms with Gasteiger partial charge in [-0.3, -0.25) is 17.8 Å². The molecule has 13 rings (SSSR count). The zero-order valence-corrected chi connectivity index (χ0v) is 28.5. The maximum atomic E-state index is 6.26. The highest BCUT2D eigenvalue weighted by molar-refractivity contribution is 6.06. The van der Waals surface area contributed by atoms with Gasteiger partial charge in [0.2, 0.25) is 17.3 Å². The molecule has 0 aliphatic carbocycles. The lowest BCUT2D eigenvalue weighted by Gasteiger charge is -2.08. The number of aromatic nitrogens is 8. The normalized spacial score (nSPS) is 12.4. The van der Waals surface area contributed by atoms with E-state index in [0.29, 0.717) is 0 Å². The second-order valence-corrected chi connectivity index (χ2v) is 13.8. The first-order chi connectivity index (χ1) is 26.8. The minimum absolute atomic E-state index is 0.741. The van der Waals surface area contributed by atoms with Crippen LogP contribution in [0.25, 0.3) is 106 Å². The van der Waals surface area contributed by atoms with Gasteiger partial charge in [0.1, 0.15) is 11.2 Å². The number of nitrogens with zero attached hydrogens (tertiary/aromatic N) is 8. The molecule has 6 aromatic heterocycles. The lowest BCUT2D eigenvalue weighted by Crippen LogP contribution is -2.01. The van der Waals surface area contributed by atoms with Crippen molar-refractivity contribution in [3.63, 3.8) is 0 Å². The molecule has 54 heavy (non-hydrogen) atoms. The van der Waals surface area contributed by atoms with Crippen molar-refractivity contribution in [2.24, 2.45) is 0 Å². The van der Waals surface area contributed by atoms with Crippen LogP contribution in [-0.2, 0) is 0 Å². The van der Waals surface area contributed by atoms with Crippen molar-refractivity contribution >= 4 is 94.4 Å². The third-order valence-electron chi connectivity index (χ3n) is 10.9. The highest BCUT2D eigenvalue weighted by Crippen LogP contribution is 2.35. The third kappa shape index (κ3) is 3.54. The summed E-state index contributed by atoms with van der Waals surface area (Å²) in [6, 6.07) is 54.7. The minimum Gasteiger partial charge on any atom is -0.456 e. The van der Waals surface area contributed by atoms with Crippen molar-refractivity contribution in [2.75, 3.05) is 0 Å². The van der Waals surface area contributed by atoms with Crippen molar-refractivity contribution in [3.05, 3.63) is 158 Å². The topological polar surface area (TPSA) is 74.9 Å². The fraction of sp³-hybridized carbons (Fsp3) is 0. The largest absolute Gasteiger partial charge is 0.456 e. The van der Waals surface area contributed by atoms with Crippen molar-refractivity contribution < 1.29 is 4.42 Å². The van der Waals surface area contributed by atoms with Crippen molar-refractivity contribution in [2.45, 2.75) is 0 Å². The van der Waals surface area contributed by atoms with Gasteiger partial charge in [-0.15, -0.1) is 0 Å². The lowest BCUT2D eigenvalue weighted by molar-refractivity contribution is 0.669. The van der Waals surface area contributed by atoms with Crippen LogP contribution in [-0.4, -0.2) is 37.3 Å².